The van der Waals surface area contributed by atoms with E-state index in [0.29, 0.717) is 23.7 Å². The minimum absolute atomic E-state index is 0.177. The van der Waals surface area contributed by atoms with Crippen molar-refractivity contribution in [2.24, 2.45) is 23.7 Å². The van der Waals surface area contributed by atoms with Crippen molar-refractivity contribution >= 4 is 0 Å². The zero-order valence-electron chi connectivity index (χ0n) is 14.4. The smallest absolute Gasteiger partial charge is 0.0644 e. The number of allylic oxidation sites excluding steroid dienone is 5. The molecule has 1 nitrogen and oxygen atoms in total. The van der Waals surface area contributed by atoms with Gasteiger partial charge >= 0.3 is 0 Å². The fourth-order valence-electron chi connectivity index (χ4n) is 4.19. The number of aliphatic hydroxyl groups excluding tert-OH is 1. The van der Waals surface area contributed by atoms with Crippen LogP contribution in [-0.2, 0) is 0 Å². The van der Waals surface area contributed by atoms with Crippen LogP contribution in [0, 0.1) is 23.7 Å². The average molecular weight is 288 g/mol. The lowest BCUT2D eigenvalue weighted by atomic mass is 9.75. The summed E-state index contributed by atoms with van der Waals surface area (Å²) in [7, 11) is 0. The van der Waals surface area contributed by atoms with E-state index in [1.807, 2.05) is 0 Å². The molecule has 0 radical (unpaired) electrons. The standard InChI is InChI=1S/C20H32O/c1-13(2)7-6-8-14(3)18-12-9-15(4)17-11-10-16(5)19(17)20(18)21/h7,9-10,14,17-21H,6,8,11-12H2,1-5H3/t14-,17-,18-,19+,20+/m0/s1. The van der Waals surface area contributed by atoms with Crippen molar-refractivity contribution in [1.82, 2.24) is 0 Å². The van der Waals surface area contributed by atoms with E-state index in [2.05, 4.69) is 52.8 Å². The molecule has 21 heavy (non-hydrogen) atoms. The van der Waals surface area contributed by atoms with Gasteiger partial charge in [0.1, 0.15) is 0 Å². The van der Waals surface area contributed by atoms with Crippen LogP contribution in [0.2, 0.25) is 0 Å². The average Bonchev–Trinajstić information content (AvgIpc) is 2.74. The second-order valence-corrected chi connectivity index (χ2v) is 7.49. The Kier molecular flexibility index (Phi) is 5.48. The third-order valence-electron chi connectivity index (χ3n) is 5.66. The summed E-state index contributed by atoms with van der Waals surface area (Å²) in [5.74, 6) is 1.89. The van der Waals surface area contributed by atoms with E-state index in [-0.39, 0.29) is 6.10 Å². The van der Waals surface area contributed by atoms with E-state index in [1.165, 1.54) is 23.1 Å². The topological polar surface area (TPSA) is 20.2 Å². The first-order valence-electron chi connectivity index (χ1n) is 8.56. The van der Waals surface area contributed by atoms with Crippen molar-refractivity contribution in [2.45, 2.75) is 66.4 Å². The molecule has 0 bridgehead atoms. The molecule has 1 heteroatoms. The van der Waals surface area contributed by atoms with Crippen molar-refractivity contribution in [3.8, 4) is 0 Å². The van der Waals surface area contributed by atoms with Gasteiger partial charge < -0.3 is 5.11 Å². The van der Waals surface area contributed by atoms with Crippen LogP contribution in [0.1, 0.15) is 60.3 Å². The molecule has 0 heterocycles. The van der Waals surface area contributed by atoms with Crippen LogP contribution in [0.4, 0.5) is 0 Å². The molecule has 1 N–H and O–H groups in total. The van der Waals surface area contributed by atoms with Crippen LogP contribution < -0.4 is 0 Å². The van der Waals surface area contributed by atoms with Gasteiger partial charge in [-0.1, -0.05) is 41.9 Å². The predicted octanol–water partition coefficient (Wildman–Crippen LogP) is 5.28. The summed E-state index contributed by atoms with van der Waals surface area (Å²) in [5, 5.41) is 11.0. The molecule has 2 aliphatic rings. The molecular weight excluding hydrogens is 256 g/mol. The molecule has 0 spiro atoms. The Bertz CT molecular complexity index is 450. The molecule has 0 aliphatic heterocycles. The molecular formula is C20H32O. The normalized spacial score (nSPS) is 33.6. The highest BCUT2D eigenvalue weighted by atomic mass is 16.3. The summed E-state index contributed by atoms with van der Waals surface area (Å²) >= 11 is 0. The van der Waals surface area contributed by atoms with Crippen molar-refractivity contribution < 1.29 is 5.11 Å². The Labute approximate surface area is 130 Å². The number of hydrogen-bond acceptors (Lipinski definition) is 1. The first-order chi connectivity index (χ1) is 9.91. The summed E-state index contributed by atoms with van der Waals surface area (Å²) < 4.78 is 0. The van der Waals surface area contributed by atoms with Gasteiger partial charge in [-0.3, -0.25) is 0 Å². The summed E-state index contributed by atoms with van der Waals surface area (Å²) in [6.07, 6.45) is 11.4. The lowest BCUT2D eigenvalue weighted by molar-refractivity contribution is 0.0310. The molecule has 0 aromatic heterocycles. The molecule has 0 aromatic carbocycles. The van der Waals surface area contributed by atoms with Crippen molar-refractivity contribution in [3.63, 3.8) is 0 Å². The Morgan fingerprint density at radius 1 is 1.24 bits per heavy atom. The fourth-order valence-corrected chi connectivity index (χ4v) is 4.19. The maximum absolute atomic E-state index is 11.0. The molecule has 0 saturated heterocycles. The largest absolute Gasteiger partial charge is 0.392 e. The quantitative estimate of drug-likeness (QED) is 0.698. The van der Waals surface area contributed by atoms with Gasteiger partial charge in [-0.05, 0) is 71.1 Å². The molecule has 0 unspecified atom stereocenters. The van der Waals surface area contributed by atoms with Crippen LogP contribution in [0.5, 0.6) is 0 Å². The maximum atomic E-state index is 11.0. The van der Waals surface area contributed by atoms with Crippen LogP contribution in [0.25, 0.3) is 0 Å². The van der Waals surface area contributed by atoms with Crippen LogP contribution >= 0.6 is 0 Å². The molecule has 0 fully saturated rings. The number of rotatable bonds is 4. The molecule has 5 atom stereocenters. The third-order valence-corrected chi connectivity index (χ3v) is 5.66. The van der Waals surface area contributed by atoms with E-state index < -0.39 is 0 Å². The molecule has 0 aromatic rings. The van der Waals surface area contributed by atoms with Crippen molar-refractivity contribution in [2.75, 3.05) is 0 Å². The Balaban J connectivity index is 2.09. The molecule has 0 amide bonds. The van der Waals surface area contributed by atoms with E-state index in [1.54, 1.807) is 0 Å². The minimum atomic E-state index is -0.177. The van der Waals surface area contributed by atoms with E-state index in [9.17, 15) is 5.11 Å². The molecule has 2 rings (SSSR count). The molecule has 0 saturated carbocycles. The van der Waals surface area contributed by atoms with Gasteiger partial charge in [0.2, 0.25) is 0 Å². The summed E-state index contributed by atoms with van der Waals surface area (Å²) in [4.78, 5) is 0. The zero-order valence-corrected chi connectivity index (χ0v) is 14.4. The van der Waals surface area contributed by atoms with Crippen LogP contribution in [0.15, 0.2) is 34.9 Å². The van der Waals surface area contributed by atoms with Crippen molar-refractivity contribution in [3.05, 3.63) is 34.9 Å². The van der Waals surface area contributed by atoms with E-state index in [4.69, 9.17) is 0 Å². The lowest BCUT2D eigenvalue weighted by Gasteiger charge is -2.33. The van der Waals surface area contributed by atoms with Crippen LogP contribution in [0.3, 0.4) is 0 Å². The SMILES string of the molecule is CC(C)=CCC[C@H](C)[C@@H]1CC=C(C)[C@@H]2CC=C(C)[C@H]2[C@@H]1O. The minimum Gasteiger partial charge on any atom is -0.392 e. The highest BCUT2D eigenvalue weighted by Gasteiger charge is 2.40. The molecule has 2 aliphatic carbocycles. The first-order valence-corrected chi connectivity index (χ1v) is 8.56. The lowest BCUT2D eigenvalue weighted by Crippen LogP contribution is -2.34. The van der Waals surface area contributed by atoms with Crippen molar-refractivity contribution in [1.29, 1.82) is 0 Å². The highest BCUT2D eigenvalue weighted by Crippen LogP contribution is 2.45. The van der Waals surface area contributed by atoms with Gasteiger partial charge in [0.05, 0.1) is 6.10 Å². The molecule has 118 valence electrons. The van der Waals surface area contributed by atoms with Crippen LogP contribution in [-0.4, -0.2) is 11.2 Å². The Morgan fingerprint density at radius 3 is 2.57 bits per heavy atom. The Morgan fingerprint density at radius 2 is 1.90 bits per heavy atom. The first kappa shape index (κ1) is 16.5. The summed E-state index contributed by atoms with van der Waals surface area (Å²) in [6, 6.07) is 0. The van der Waals surface area contributed by atoms with E-state index in [0.717, 1.165) is 19.3 Å². The van der Waals surface area contributed by atoms with Gasteiger partial charge in [-0.25, -0.2) is 0 Å². The third kappa shape index (κ3) is 3.69. The highest BCUT2D eigenvalue weighted by molar-refractivity contribution is 5.25. The van der Waals surface area contributed by atoms with Gasteiger partial charge in [0.25, 0.3) is 0 Å². The summed E-state index contributed by atoms with van der Waals surface area (Å²) in [6.45, 7) is 11.1. The fraction of sp³-hybridized carbons (Fsp3) is 0.700. The number of fused-ring (bicyclic) bond motifs is 1. The summed E-state index contributed by atoms with van der Waals surface area (Å²) in [5.41, 5.74) is 4.30. The number of hydrogen-bond donors (Lipinski definition) is 1. The van der Waals surface area contributed by atoms with Gasteiger partial charge in [0, 0.05) is 5.92 Å². The zero-order chi connectivity index (χ0) is 15.6. The number of aliphatic hydroxyl groups is 1. The Hall–Kier alpha value is -0.820. The van der Waals surface area contributed by atoms with Gasteiger partial charge in [-0.2, -0.15) is 0 Å². The second-order valence-electron chi connectivity index (χ2n) is 7.49. The monoisotopic (exact) mass is 288 g/mol. The predicted molar refractivity (Wildman–Crippen MR) is 91.1 cm³/mol. The second kappa shape index (κ2) is 6.96. The maximum Gasteiger partial charge on any atom is 0.0644 e. The van der Waals surface area contributed by atoms with E-state index >= 15 is 0 Å². The van der Waals surface area contributed by atoms with Gasteiger partial charge in [-0.15, -0.1) is 0 Å². The van der Waals surface area contributed by atoms with Gasteiger partial charge in [0.15, 0.2) is 0 Å².